The Balaban J connectivity index is 1.60. The number of carbonyl (C=O) groups is 2. The Morgan fingerprint density at radius 1 is 1.29 bits per heavy atom. The van der Waals surface area contributed by atoms with Crippen molar-refractivity contribution >= 4 is 11.8 Å². The first-order valence-corrected chi connectivity index (χ1v) is 9.39. The number of hydrogen-bond acceptors (Lipinski definition) is 4. The smallest absolute Gasteiger partial charge is 0.251 e. The third kappa shape index (κ3) is 3.59. The zero-order chi connectivity index (χ0) is 17.2. The van der Waals surface area contributed by atoms with E-state index in [-0.39, 0.29) is 17.2 Å². The molecule has 6 nitrogen and oxygen atoms in total. The molecule has 3 heterocycles. The van der Waals surface area contributed by atoms with Crippen LogP contribution in [0, 0.1) is 5.41 Å². The fourth-order valence-electron chi connectivity index (χ4n) is 4.37. The lowest BCUT2D eigenvalue weighted by molar-refractivity contribution is -0.150. The van der Waals surface area contributed by atoms with Gasteiger partial charge in [-0.25, -0.2) is 0 Å². The van der Waals surface area contributed by atoms with Gasteiger partial charge in [-0.2, -0.15) is 0 Å². The molecule has 1 N–H and O–H groups in total. The van der Waals surface area contributed by atoms with Gasteiger partial charge in [-0.1, -0.05) is 6.92 Å². The maximum atomic E-state index is 12.4. The van der Waals surface area contributed by atoms with E-state index in [9.17, 15) is 14.7 Å². The van der Waals surface area contributed by atoms with Gasteiger partial charge < -0.3 is 19.6 Å². The van der Waals surface area contributed by atoms with E-state index in [2.05, 4.69) is 4.90 Å². The molecule has 0 saturated carbocycles. The van der Waals surface area contributed by atoms with Gasteiger partial charge in [0, 0.05) is 45.3 Å². The SMILES string of the molecule is CC[C@@H](O)C(=O)N1CCC2(CCC(=O)N(C3CCOCC3)C2)CC1. The molecule has 0 bridgehead atoms. The first-order chi connectivity index (χ1) is 11.5. The van der Waals surface area contributed by atoms with Gasteiger partial charge in [-0.15, -0.1) is 0 Å². The van der Waals surface area contributed by atoms with Crippen LogP contribution >= 0.6 is 0 Å². The summed E-state index contributed by atoms with van der Waals surface area (Å²) in [5.74, 6) is 0.146. The molecule has 0 aromatic rings. The highest BCUT2D eigenvalue weighted by atomic mass is 16.5. The van der Waals surface area contributed by atoms with Gasteiger partial charge in [-0.3, -0.25) is 9.59 Å². The number of carbonyl (C=O) groups excluding carboxylic acids is 2. The number of likely N-dealkylation sites (tertiary alicyclic amines) is 2. The molecular formula is C18H30N2O4. The van der Waals surface area contributed by atoms with E-state index in [1.807, 2.05) is 6.92 Å². The standard InChI is InChI=1S/C18H30N2O4/c1-2-15(21)17(23)19-9-7-18(8-10-19)6-3-16(22)20(13-18)14-4-11-24-12-5-14/h14-15,21H,2-13H2,1H3/t15-/m1/s1. The molecule has 0 aliphatic carbocycles. The predicted molar refractivity (Wildman–Crippen MR) is 89.3 cm³/mol. The summed E-state index contributed by atoms with van der Waals surface area (Å²) in [5, 5.41) is 9.77. The Morgan fingerprint density at radius 3 is 2.58 bits per heavy atom. The minimum Gasteiger partial charge on any atom is -0.383 e. The first kappa shape index (κ1) is 17.7. The van der Waals surface area contributed by atoms with Gasteiger partial charge in [0.1, 0.15) is 6.10 Å². The van der Waals surface area contributed by atoms with Crippen LogP contribution < -0.4 is 0 Å². The molecule has 2 amide bonds. The molecule has 24 heavy (non-hydrogen) atoms. The maximum Gasteiger partial charge on any atom is 0.251 e. The monoisotopic (exact) mass is 338 g/mol. The highest BCUT2D eigenvalue weighted by molar-refractivity contribution is 5.80. The van der Waals surface area contributed by atoms with Crippen molar-refractivity contribution in [3.8, 4) is 0 Å². The van der Waals surface area contributed by atoms with E-state index in [0.29, 0.717) is 32.0 Å². The van der Waals surface area contributed by atoms with Crippen molar-refractivity contribution in [2.45, 2.75) is 64.0 Å². The summed E-state index contributed by atoms with van der Waals surface area (Å²) in [7, 11) is 0. The molecule has 0 radical (unpaired) electrons. The van der Waals surface area contributed by atoms with Crippen LogP contribution in [0.3, 0.4) is 0 Å². The summed E-state index contributed by atoms with van der Waals surface area (Å²) >= 11 is 0. The van der Waals surface area contributed by atoms with Crippen molar-refractivity contribution in [3.05, 3.63) is 0 Å². The number of aliphatic hydroxyl groups is 1. The average molecular weight is 338 g/mol. The second kappa shape index (κ2) is 7.40. The molecule has 3 saturated heterocycles. The van der Waals surface area contributed by atoms with E-state index in [1.54, 1.807) is 4.90 Å². The van der Waals surface area contributed by atoms with Crippen LogP contribution in [-0.2, 0) is 14.3 Å². The number of rotatable bonds is 3. The van der Waals surface area contributed by atoms with Gasteiger partial charge in [-0.05, 0) is 43.9 Å². The molecule has 3 fully saturated rings. The fourth-order valence-corrected chi connectivity index (χ4v) is 4.37. The van der Waals surface area contributed by atoms with Crippen molar-refractivity contribution in [2.24, 2.45) is 5.41 Å². The van der Waals surface area contributed by atoms with E-state index in [1.165, 1.54) is 0 Å². The summed E-state index contributed by atoms with van der Waals surface area (Å²) in [6, 6.07) is 0.324. The van der Waals surface area contributed by atoms with Gasteiger partial charge in [0.15, 0.2) is 0 Å². The lowest BCUT2D eigenvalue weighted by Gasteiger charge is -2.50. The second-order valence-electron chi connectivity index (χ2n) is 7.61. The minimum atomic E-state index is -0.870. The van der Waals surface area contributed by atoms with E-state index >= 15 is 0 Å². The Bertz CT molecular complexity index is 468. The quantitative estimate of drug-likeness (QED) is 0.838. The summed E-state index contributed by atoms with van der Waals surface area (Å²) < 4.78 is 5.43. The molecule has 1 atom stereocenters. The van der Waals surface area contributed by atoms with Gasteiger partial charge in [0.2, 0.25) is 5.91 Å². The van der Waals surface area contributed by atoms with Crippen LogP contribution in [0.25, 0.3) is 0 Å². The highest BCUT2D eigenvalue weighted by Crippen LogP contribution is 2.41. The lowest BCUT2D eigenvalue weighted by atomic mass is 9.71. The number of hydrogen-bond donors (Lipinski definition) is 1. The van der Waals surface area contributed by atoms with E-state index < -0.39 is 6.10 Å². The van der Waals surface area contributed by atoms with Crippen molar-refractivity contribution in [3.63, 3.8) is 0 Å². The lowest BCUT2D eigenvalue weighted by Crippen LogP contribution is -2.56. The van der Waals surface area contributed by atoms with Crippen LogP contribution in [0.4, 0.5) is 0 Å². The topological polar surface area (TPSA) is 70.1 Å². The Hall–Kier alpha value is -1.14. The molecule has 3 aliphatic heterocycles. The number of nitrogens with zero attached hydrogens (tertiary/aromatic N) is 2. The maximum absolute atomic E-state index is 12.4. The largest absolute Gasteiger partial charge is 0.383 e. The van der Waals surface area contributed by atoms with Gasteiger partial charge >= 0.3 is 0 Å². The molecular weight excluding hydrogens is 308 g/mol. The fraction of sp³-hybridized carbons (Fsp3) is 0.889. The molecule has 136 valence electrons. The molecule has 1 spiro atoms. The number of ether oxygens (including phenoxy) is 1. The third-order valence-corrected chi connectivity index (χ3v) is 6.13. The van der Waals surface area contributed by atoms with Crippen molar-refractivity contribution in [2.75, 3.05) is 32.8 Å². The first-order valence-electron chi connectivity index (χ1n) is 9.39. The number of aliphatic hydroxyl groups excluding tert-OH is 1. The predicted octanol–water partition coefficient (Wildman–Crippen LogP) is 1.17. The molecule has 0 aromatic heterocycles. The highest BCUT2D eigenvalue weighted by Gasteiger charge is 2.43. The number of piperidine rings is 2. The van der Waals surface area contributed by atoms with Crippen molar-refractivity contribution in [1.29, 1.82) is 0 Å². The summed E-state index contributed by atoms with van der Waals surface area (Å²) in [6.07, 6.45) is 4.90. The second-order valence-corrected chi connectivity index (χ2v) is 7.61. The third-order valence-electron chi connectivity index (χ3n) is 6.13. The summed E-state index contributed by atoms with van der Waals surface area (Å²) in [6.45, 7) is 5.55. The molecule has 0 unspecified atom stereocenters. The Kier molecular flexibility index (Phi) is 5.45. The van der Waals surface area contributed by atoms with Crippen LogP contribution in [0.1, 0.15) is 51.9 Å². The van der Waals surface area contributed by atoms with Crippen molar-refractivity contribution in [1.82, 2.24) is 9.80 Å². The van der Waals surface area contributed by atoms with E-state index in [4.69, 9.17) is 4.74 Å². The zero-order valence-electron chi connectivity index (χ0n) is 14.7. The van der Waals surface area contributed by atoms with Crippen LogP contribution in [0.15, 0.2) is 0 Å². The summed E-state index contributed by atoms with van der Waals surface area (Å²) in [5.41, 5.74) is 0.153. The number of amides is 2. The van der Waals surface area contributed by atoms with Gasteiger partial charge in [0.05, 0.1) is 0 Å². The summed E-state index contributed by atoms with van der Waals surface area (Å²) in [4.78, 5) is 28.5. The zero-order valence-corrected chi connectivity index (χ0v) is 14.7. The average Bonchev–Trinajstić information content (AvgIpc) is 2.64. The Morgan fingerprint density at radius 2 is 1.96 bits per heavy atom. The van der Waals surface area contributed by atoms with E-state index in [0.717, 1.165) is 51.9 Å². The van der Waals surface area contributed by atoms with Crippen molar-refractivity contribution < 1.29 is 19.4 Å². The Labute approximate surface area is 144 Å². The minimum absolute atomic E-state index is 0.138. The normalized spacial score (nSPS) is 26.7. The van der Waals surface area contributed by atoms with Crippen LogP contribution in [-0.4, -0.2) is 71.7 Å². The molecule has 3 aliphatic rings. The van der Waals surface area contributed by atoms with Crippen LogP contribution in [0.5, 0.6) is 0 Å². The molecule has 0 aromatic carbocycles. The molecule has 3 rings (SSSR count). The molecule has 6 heteroatoms. The van der Waals surface area contributed by atoms with Gasteiger partial charge in [0.25, 0.3) is 5.91 Å². The van der Waals surface area contributed by atoms with Crippen LogP contribution in [0.2, 0.25) is 0 Å².